The van der Waals surface area contributed by atoms with E-state index in [1.807, 2.05) is 29.2 Å². The number of ether oxygens (including phenoxy) is 1. The summed E-state index contributed by atoms with van der Waals surface area (Å²) in [5.74, 6) is 0.941. The largest absolute Gasteiger partial charge is 0.490 e. The van der Waals surface area contributed by atoms with Crippen LogP contribution in [0, 0.1) is 0 Å². The first-order chi connectivity index (χ1) is 11.3. The quantitative estimate of drug-likeness (QED) is 0.870. The van der Waals surface area contributed by atoms with E-state index in [9.17, 15) is 4.79 Å². The number of hydrogen-bond donors (Lipinski definition) is 0. The van der Waals surface area contributed by atoms with Gasteiger partial charge < -0.3 is 9.64 Å². The summed E-state index contributed by atoms with van der Waals surface area (Å²) < 4.78 is 6.08. The number of aryl methyl sites for hydroxylation is 1. The van der Waals surface area contributed by atoms with Gasteiger partial charge in [0.15, 0.2) is 0 Å². The minimum atomic E-state index is 0.0111. The fraction of sp³-hybridized carbons (Fsp3) is 0.368. The third kappa shape index (κ3) is 3.89. The van der Waals surface area contributed by atoms with Gasteiger partial charge in [0.25, 0.3) is 5.91 Å². The number of aromatic nitrogens is 1. The Balaban J connectivity index is 1.55. The Bertz CT molecular complexity index is 649. The lowest BCUT2D eigenvalue weighted by molar-refractivity contribution is 0.0590. The molecule has 1 amide bonds. The van der Waals surface area contributed by atoms with Crippen LogP contribution >= 0.6 is 0 Å². The number of carbonyl (C=O) groups is 1. The Morgan fingerprint density at radius 3 is 2.74 bits per heavy atom. The van der Waals surface area contributed by atoms with E-state index in [2.05, 4.69) is 24.0 Å². The van der Waals surface area contributed by atoms with E-state index in [-0.39, 0.29) is 12.0 Å². The van der Waals surface area contributed by atoms with Crippen molar-refractivity contribution in [1.82, 2.24) is 9.88 Å². The summed E-state index contributed by atoms with van der Waals surface area (Å²) in [6, 6.07) is 13.7. The van der Waals surface area contributed by atoms with E-state index in [0.29, 0.717) is 18.8 Å². The summed E-state index contributed by atoms with van der Waals surface area (Å²) in [6.07, 6.45) is 4.55. The van der Waals surface area contributed by atoms with Crippen molar-refractivity contribution in [1.29, 1.82) is 0 Å². The molecule has 2 heterocycles. The number of rotatable bonds is 4. The first kappa shape index (κ1) is 15.5. The SMILES string of the molecule is CCc1cccc(OC2CCN(C(=O)c3ccccn3)CC2)c1. The van der Waals surface area contributed by atoms with Gasteiger partial charge in [-0.15, -0.1) is 0 Å². The highest BCUT2D eigenvalue weighted by Crippen LogP contribution is 2.21. The van der Waals surface area contributed by atoms with Crippen LogP contribution in [0.4, 0.5) is 0 Å². The first-order valence-electron chi connectivity index (χ1n) is 8.22. The Morgan fingerprint density at radius 2 is 2.04 bits per heavy atom. The average molecular weight is 310 g/mol. The standard InChI is InChI=1S/C19H22N2O2/c1-2-15-6-5-7-17(14-15)23-16-9-12-21(13-10-16)19(22)18-8-3-4-11-20-18/h3-8,11,14,16H,2,9-10,12-13H2,1H3. The van der Waals surface area contributed by atoms with Gasteiger partial charge in [-0.1, -0.05) is 25.1 Å². The number of hydrogen-bond acceptors (Lipinski definition) is 3. The van der Waals surface area contributed by atoms with Crippen LogP contribution in [0.25, 0.3) is 0 Å². The number of piperidine rings is 1. The molecule has 120 valence electrons. The molecule has 1 aromatic carbocycles. The molecule has 3 rings (SSSR count). The normalized spacial score (nSPS) is 15.4. The van der Waals surface area contributed by atoms with Gasteiger partial charge in [0, 0.05) is 32.1 Å². The molecule has 0 saturated carbocycles. The van der Waals surface area contributed by atoms with Crippen LogP contribution in [-0.4, -0.2) is 35.0 Å². The van der Waals surface area contributed by atoms with Crippen LogP contribution in [0.3, 0.4) is 0 Å². The summed E-state index contributed by atoms with van der Waals surface area (Å²) >= 11 is 0. The highest BCUT2D eigenvalue weighted by Gasteiger charge is 2.25. The maximum Gasteiger partial charge on any atom is 0.272 e. The molecule has 0 atom stereocenters. The summed E-state index contributed by atoms with van der Waals surface area (Å²) in [5.41, 5.74) is 1.80. The van der Waals surface area contributed by atoms with Gasteiger partial charge in [0.05, 0.1) is 0 Å². The number of nitrogens with zero attached hydrogens (tertiary/aromatic N) is 2. The minimum Gasteiger partial charge on any atom is -0.490 e. The summed E-state index contributed by atoms with van der Waals surface area (Å²) in [7, 11) is 0. The van der Waals surface area contributed by atoms with E-state index >= 15 is 0 Å². The third-order valence-corrected chi connectivity index (χ3v) is 4.22. The van der Waals surface area contributed by atoms with Gasteiger partial charge >= 0.3 is 0 Å². The maximum absolute atomic E-state index is 12.4. The zero-order valence-electron chi connectivity index (χ0n) is 13.4. The van der Waals surface area contributed by atoms with Crippen molar-refractivity contribution >= 4 is 5.91 Å². The second-order valence-corrected chi connectivity index (χ2v) is 5.83. The predicted molar refractivity (Wildman–Crippen MR) is 89.6 cm³/mol. The predicted octanol–water partition coefficient (Wildman–Crippen LogP) is 3.33. The molecular formula is C19H22N2O2. The fourth-order valence-electron chi connectivity index (χ4n) is 2.86. The third-order valence-electron chi connectivity index (χ3n) is 4.22. The highest BCUT2D eigenvalue weighted by atomic mass is 16.5. The monoisotopic (exact) mass is 310 g/mol. The van der Waals surface area contributed by atoms with Crippen molar-refractivity contribution in [2.24, 2.45) is 0 Å². The van der Waals surface area contributed by atoms with E-state index in [4.69, 9.17) is 4.74 Å². The van der Waals surface area contributed by atoms with Crippen LogP contribution in [0.15, 0.2) is 48.7 Å². The molecule has 0 bridgehead atoms. The molecule has 4 nitrogen and oxygen atoms in total. The van der Waals surface area contributed by atoms with Crippen molar-refractivity contribution in [3.63, 3.8) is 0 Å². The Morgan fingerprint density at radius 1 is 1.22 bits per heavy atom. The fourth-order valence-corrected chi connectivity index (χ4v) is 2.86. The second-order valence-electron chi connectivity index (χ2n) is 5.83. The molecule has 1 aliphatic rings. The Hall–Kier alpha value is -2.36. The molecule has 0 unspecified atom stereocenters. The zero-order valence-corrected chi connectivity index (χ0v) is 13.4. The molecule has 23 heavy (non-hydrogen) atoms. The van der Waals surface area contributed by atoms with Crippen molar-refractivity contribution in [2.45, 2.75) is 32.3 Å². The Labute approximate surface area is 137 Å². The van der Waals surface area contributed by atoms with Crippen LogP contribution in [-0.2, 0) is 6.42 Å². The van der Waals surface area contributed by atoms with Gasteiger partial charge in [-0.2, -0.15) is 0 Å². The molecule has 1 aromatic heterocycles. The zero-order chi connectivity index (χ0) is 16.1. The van der Waals surface area contributed by atoms with Crippen LogP contribution < -0.4 is 4.74 Å². The molecule has 0 radical (unpaired) electrons. The summed E-state index contributed by atoms with van der Waals surface area (Å²) in [4.78, 5) is 18.4. The summed E-state index contributed by atoms with van der Waals surface area (Å²) in [6.45, 7) is 3.57. The van der Waals surface area contributed by atoms with Crippen LogP contribution in [0.5, 0.6) is 5.75 Å². The number of benzene rings is 1. The average Bonchev–Trinajstić information content (AvgIpc) is 2.63. The molecule has 0 aliphatic carbocycles. The van der Waals surface area contributed by atoms with Crippen LogP contribution in [0.2, 0.25) is 0 Å². The van der Waals surface area contributed by atoms with E-state index in [1.165, 1.54) is 5.56 Å². The molecule has 0 N–H and O–H groups in total. The minimum absolute atomic E-state index is 0.0111. The Kier molecular flexibility index (Phi) is 4.91. The molecule has 0 spiro atoms. The second kappa shape index (κ2) is 7.27. The first-order valence-corrected chi connectivity index (χ1v) is 8.22. The molecule has 1 aliphatic heterocycles. The van der Waals surface area contributed by atoms with Gasteiger partial charge in [0.2, 0.25) is 0 Å². The molecule has 4 heteroatoms. The summed E-state index contributed by atoms with van der Waals surface area (Å²) in [5, 5.41) is 0. The maximum atomic E-state index is 12.4. The van der Waals surface area contributed by atoms with E-state index in [1.54, 1.807) is 12.3 Å². The van der Waals surface area contributed by atoms with Gasteiger partial charge in [-0.05, 0) is 36.2 Å². The number of likely N-dealkylation sites (tertiary alicyclic amines) is 1. The van der Waals surface area contributed by atoms with Crippen molar-refractivity contribution < 1.29 is 9.53 Å². The smallest absolute Gasteiger partial charge is 0.272 e. The van der Waals surface area contributed by atoms with Gasteiger partial charge in [0.1, 0.15) is 17.5 Å². The number of amides is 1. The van der Waals surface area contributed by atoms with Gasteiger partial charge in [-0.25, -0.2) is 0 Å². The number of carbonyl (C=O) groups excluding carboxylic acids is 1. The van der Waals surface area contributed by atoms with Crippen LogP contribution in [0.1, 0.15) is 35.8 Å². The number of pyridine rings is 1. The lowest BCUT2D eigenvalue weighted by Crippen LogP contribution is -2.42. The van der Waals surface area contributed by atoms with E-state index < -0.39 is 0 Å². The molecular weight excluding hydrogens is 288 g/mol. The topological polar surface area (TPSA) is 42.4 Å². The van der Waals surface area contributed by atoms with Crippen molar-refractivity contribution in [3.8, 4) is 5.75 Å². The molecule has 2 aromatic rings. The van der Waals surface area contributed by atoms with Crippen molar-refractivity contribution in [2.75, 3.05) is 13.1 Å². The van der Waals surface area contributed by atoms with Gasteiger partial charge in [-0.3, -0.25) is 9.78 Å². The molecule has 1 fully saturated rings. The lowest BCUT2D eigenvalue weighted by atomic mass is 10.1. The lowest BCUT2D eigenvalue weighted by Gasteiger charge is -2.32. The van der Waals surface area contributed by atoms with Crippen molar-refractivity contribution in [3.05, 3.63) is 59.9 Å². The van der Waals surface area contributed by atoms with E-state index in [0.717, 1.165) is 25.0 Å². The highest BCUT2D eigenvalue weighted by molar-refractivity contribution is 5.92. The molecule has 1 saturated heterocycles.